The van der Waals surface area contributed by atoms with Crippen LogP contribution < -0.4 is 0 Å². The number of aromatic hydroxyl groups is 1. The van der Waals surface area contributed by atoms with Crippen molar-refractivity contribution in [2.45, 2.75) is 71.6 Å². The number of aryl methyl sites for hydroxylation is 2. The van der Waals surface area contributed by atoms with E-state index in [0.29, 0.717) is 23.0 Å². The molecule has 4 rings (SSSR count). The zero-order valence-electron chi connectivity index (χ0n) is 15.2. The van der Waals surface area contributed by atoms with Gasteiger partial charge in [-0.3, -0.25) is 0 Å². The largest absolute Gasteiger partial charge is 0.508 e. The van der Waals surface area contributed by atoms with E-state index in [0.717, 1.165) is 24.8 Å². The minimum absolute atomic E-state index is 0.210. The smallest absolute Gasteiger partial charge is 0.119 e. The number of phenolic OH excluding ortho intramolecular Hbond substituents is 1. The fourth-order valence-electron chi connectivity index (χ4n) is 6.69. The van der Waals surface area contributed by atoms with Crippen molar-refractivity contribution in [3.05, 3.63) is 28.8 Å². The third kappa shape index (κ3) is 1.94. The van der Waals surface area contributed by atoms with Gasteiger partial charge in [0.15, 0.2) is 0 Å². The SMILES string of the molecule is CCc1cc2c(cc1O)CC[C@@]1(C)[C@@H]3CC[C@H](C#N)[C@@]3(C)CC[C@H]21. The van der Waals surface area contributed by atoms with E-state index in [1.165, 1.54) is 36.8 Å². The Morgan fingerprint density at radius 2 is 1.96 bits per heavy atom. The van der Waals surface area contributed by atoms with Gasteiger partial charge in [0.05, 0.1) is 12.0 Å². The van der Waals surface area contributed by atoms with Crippen LogP contribution in [0.3, 0.4) is 0 Å². The van der Waals surface area contributed by atoms with Crippen molar-refractivity contribution in [2.24, 2.45) is 22.7 Å². The highest BCUT2D eigenvalue weighted by atomic mass is 16.3. The van der Waals surface area contributed by atoms with Crippen LogP contribution in [0.5, 0.6) is 5.75 Å². The molecule has 24 heavy (non-hydrogen) atoms. The molecular formula is C22H29NO. The highest BCUT2D eigenvalue weighted by Gasteiger charge is 2.60. The van der Waals surface area contributed by atoms with Crippen LogP contribution in [0.25, 0.3) is 0 Å². The van der Waals surface area contributed by atoms with E-state index in [1.807, 2.05) is 6.07 Å². The number of phenols is 1. The lowest BCUT2D eigenvalue weighted by Gasteiger charge is -2.57. The van der Waals surface area contributed by atoms with Gasteiger partial charge in [0, 0.05) is 0 Å². The second-order valence-electron chi connectivity index (χ2n) is 8.95. The van der Waals surface area contributed by atoms with Gasteiger partial charge in [0.25, 0.3) is 0 Å². The van der Waals surface area contributed by atoms with Gasteiger partial charge in [-0.1, -0.05) is 26.8 Å². The summed E-state index contributed by atoms with van der Waals surface area (Å²) in [5.41, 5.74) is 4.48. The second-order valence-corrected chi connectivity index (χ2v) is 8.95. The summed E-state index contributed by atoms with van der Waals surface area (Å²) < 4.78 is 0. The van der Waals surface area contributed by atoms with Crippen molar-refractivity contribution in [1.29, 1.82) is 5.26 Å². The Hall–Kier alpha value is -1.49. The Kier molecular flexibility index (Phi) is 3.50. The monoisotopic (exact) mass is 323 g/mol. The van der Waals surface area contributed by atoms with Gasteiger partial charge in [-0.15, -0.1) is 0 Å². The van der Waals surface area contributed by atoms with Gasteiger partial charge >= 0.3 is 0 Å². The molecule has 5 atom stereocenters. The van der Waals surface area contributed by atoms with Crippen molar-refractivity contribution >= 4 is 0 Å². The average molecular weight is 323 g/mol. The molecule has 0 amide bonds. The van der Waals surface area contributed by atoms with Gasteiger partial charge in [-0.25, -0.2) is 0 Å². The van der Waals surface area contributed by atoms with E-state index in [4.69, 9.17) is 0 Å². The summed E-state index contributed by atoms with van der Waals surface area (Å²) in [6.07, 6.45) is 7.84. The molecule has 0 heterocycles. The molecule has 0 saturated heterocycles. The minimum atomic E-state index is 0.210. The molecule has 0 radical (unpaired) electrons. The van der Waals surface area contributed by atoms with E-state index in [-0.39, 0.29) is 11.3 Å². The molecule has 3 aliphatic rings. The van der Waals surface area contributed by atoms with E-state index in [1.54, 1.807) is 0 Å². The molecule has 1 aromatic rings. The van der Waals surface area contributed by atoms with Crippen LogP contribution in [0, 0.1) is 34.0 Å². The average Bonchev–Trinajstić information content (AvgIpc) is 2.91. The van der Waals surface area contributed by atoms with Crippen molar-refractivity contribution in [1.82, 2.24) is 0 Å². The zero-order chi connectivity index (χ0) is 17.1. The molecule has 1 aromatic carbocycles. The number of hydrogen-bond donors (Lipinski definition) is 1. The Morgan fingerprint density at radius 1 is 1.17 bits per heavy atom. The number of rotatable bonds is 1. The van der Waals surface area contributed by atoms with Crippen LogP contribution in [0.15, 0.2) is 12.1 Å². The molecule has 3 aliphatic carbocycles. The summed E-state index contributed by atoms with van der Waals surface area (Å²) in [4.78, 5) is 0. The summed E-state index contributed by atoms with van der Waals surface area (Å²) in [6, 6.07) is 6.96. The maximum atomic E-state index is 10.2. The predicted molar refractivity (Wildman–Crippen MR) is 95.8 cm³/mol. The van der Waals surface area contributed by atoms with Crippen LogP contribution >= 0.6 is 0 Å². The Morgan fingerprint density at radius 3 is 2.67 bits per heavy atom. The standard InChI is InChI=1S/C22H29NO/c1-4-14-11-17-15(12-19(14)24)7-9-22(3)18(17)8-10-21(2)16(13-23)5-6-20(21)22/h11-12,16,18,20,24H,4-10H2,1-3H3/t16-,18-,20-,21-,22-/m1/s1. The lowest BCUT2D eigenvalue weighted by atomic mass is 9.47. The van der Waals surface area contributed by atoms with E-state index < -0.39 is 0 Å². The first kappa shape index (κ1) is 16.0. The van der Waals surface area contributed by atoms with Crippen molar-refractivity contribution in [2.75, 3.05) is 0 Å². The number of hydrogen-bond acceptors (Lipinski definition) is 2. The van der Waals surface area contributed by atoms with E-state index >= 15 is 0 Å². The fourth-order valence-corrected chi connectivity index (χ4v) is 6.69. The minimum Gasteiger partial charge on any atom is -0.508 e. The van der Waals surface area contributed by atoms with Crippen LogP contribution in [0.1, 0.15) is 75.5 Å². The lowest BCUT2D eigenvalue weighted by Crippen LogP contribution is -2.48. The van der Waals surface area contributed by atoms with Crippen LogP contribution in [0.4, 0.5) is 0 Å². The molecule has 0 aromatic heterocycles. The molecule has 128 valence electrons. The predicted octanol–water partition coefficient (Wildman–Crippen LogP) is 5.34. The lowest BCUT2D eigenvalue weighted by molar-refractivity contribution is -0.0289. The molecule has 2 nitrogen and oxygen atoms in total. The van der Waals surface area contributed by atoms with Gasteiger partial charge in [0.1, 0.15) is 5.75 Å². The maximum Gasteiger partial charge on any atom is 0.119 e. The topological polar surface area (TPSA) is 44.0 Å². The normalized spacial score (nSPS) is 40.3. The van der Waals surface area contributed by atoms with Crippen molar-refractivity contribution in [3.8, 4) is 11.8 Å². The molecule has 0 spiro atoms. The quantitative estimate of drug-likeness (QED) is 0.758. The van der Waals surface area contributed by atoms with Gasteiger partial charge in [0.2, 0.25) is 0 Å². The molecule has 0 bridgehead atoms. The number of nitriles is 1. The fraction of sp³-hybridized carbons (Fsp3) is 0.682. The highest BCUT2D eigenvalue weighted by Crippen LogP contribution is 2.68. The summed E-state index contributed by atoms with van der Waals surface area (Å²) in [5, 5.41) is 19.9. The first-order valence-corrected chi connectivity index (χ1v) is 9.68. The van der Waals surface area contributed by atoms with Crippen LogP contribution in [-0.2, 0) is 12.8 Å². The molecule has 2 saturated carbocycles. The van der Waals surface area contributed by atoms with E-state index in [2.05, 4.69) is 32.9 Å². The Bertz CT molecular complexity index is 717. The maximum absolute atomic E-state index is 10.2. The van der Waals surface area contributed by atoms with Gasteiger partial charge in [-0.2, -0.15) is 5.26 Å². The summed E-state index contributed by atoms with van der Waals surface area (Å²) in [5.74, 6) is 1.99. The second kappa shape index (κ2) is 5.25. The molecule has 2 fully saturated rings. The molecule has 1 N–H and O–H groups in total. The summed E-state index contributed by atoms with van der Waals surface area (Å²) in [7, 11) is 0. The summed E-state index contributed by atoms with van der Waals surface area (Å²) in [6.45, 7) is 7.01. The zero-order valence-corrected chi connectivity index (χ0v) is 15.2. The third-order valence-electron chi connectivity index (χ3n) is 8.09. The number of benzene rings is 1. The Labute approximate surface area is 145 Å². The summed E-state index contributed by atoms with van der Waals surface area (Å²) >= 11 is 0. The molecule has 2 heteroatoms. The number of fused-ring (bicyclic) bond motifs is 5. The van der Waals surface area contributed by atoms with Gasteiger partial charge < -0.3 is 5.11 Å². The van der Waals surface area contributed by atoms with Gasteiger partial charge in [-0.05, 0) is 90.4 Å². The van der Waals surface area contributed by atoms with Crippen molar-refractivity contribution < 1.29 is 5.11 Å². The van der Waals surface area contributed by atoms with Crippen LogP contribution in [-0.4, -0.2) is 5.11 Å². The Balaban J connectivity index is 1.78. The van der Waals surface area contributed by atoms with E-state index in [9.17, 15) is 10.4 Å². The van der Waals surface area contributed by atoms with Crippen molar-refractivity contribution in [3.63, 3.8) is 0 Å². The van der Waals surface area contributed by atoms with Crippen LogP contribution in [0.2, 0.25) is 0 Å². The molecule has 0 unspecified atom stereocenters. The molecular weight excluding hydrogens is 294 g/mol. The first-order chi connectivity index (χ1) is 11.4. The number of nitrogens with zero attached hydrogens (tertiary/aromatic N) is 1. The highest BCUT2D eigenvalue weighted by molar-refractivity contribution is 5.46. The third-order valence-corrected chi connectivity index (χ3v) is 8.09. The molecule has 0 aliphatic heterocycles. The first-order valence-electron chi connectivity index (χ1n) is 9.68.